The fraction of sp³-hybridized carbons (Fsp3) is 0.273. The second kappa shape index (κ2) is 9.91. The highest BCUT2D eigenvalue weighted by atomic mass is 35.5. The summed E-state index contributed by atoms with van der Waals surface area (Å²) in [6, 6.07) is 14.4. The molecule has 3 aromatic rings. The molecule has 0 amide bonds. The van der Waals surface area contributed by atoms with Crippen LogP contribution in [0.5, 0.6) is 0 Å². The van der Waals surface area contributed by atoms with Crippen LogP contribution in [0.25, 0.3) is 11.3 Å². The van der Waals surface area contributed by atoms with Gasteiger partial charge in [-0.3, -0.25) is 5.43 Å². The quantitative estimate of drug-likeness (QED) is 0.379. The zero-order valence-electron chi connectivity index (χ0n) is 16.9. The monoisotopic (exact) mass is 474 g/mol. The molecular formula is C22H23ClN4O2S2. The van der Waals surface area contributed by atoms with Crippen molar-refractivity contribution < 1.29 is 8.42 Å². The van der Waals surface area contributed by atoms with Crippen LogP contribution in [0.2, 0.25) is 5.02 Å². The third kappa shape index (κ3) is 5.33. The predicted octanol–water partition coefficient (Wildman–Crippen LogP) is 5.47. The number of anilines is 1. The highest BCUT2D eigenvalue weighted by molar-refractivity contribution is 7.89. The minimum atomic E-state index is -3.50. The largest absolute Gasteiger partial charge is 0.253 e. The minimum absolute atomic E-state index is 0.311. The van der Waals surface area contributed by atoms with Gasteiger partial charge in [0.2, 0.25) is 15.2 Å². The van der Waals surface area contributed by atoms with E-state index in [1.54, 1.807) is 34.8 Å². The molecule has 1 aliphatic rings. The van der Waals surface area contributed by atoms with Gasteiger partial charge in [-0.25, -0.2) is 13.4 Å². The zero-order chi connectivity index (χ0) is 21.7. The second-order valence-electron chi connectivity index (χ2n) is 7.28. The Hall–Kier alpha value is -2.26. The predicted molar refractivity (Wildman–Crippen MR) is 127 cm³/mol. The second-order valence-corrected chi connectivity index (χ2v) is 10.5. The van der Waals surface area contributed by atoms with E-state index in [1.165, 1.54) is 11.3 Å². The van der Waals surface area contributed by atoms with E-state index in [-0.39, 0.29) is 0 Å². The summed E-state index contributed by atoms with van der Waals surface area (Å²) in [6.45, 7) is 1.17. The molecule has 9 heteroatoms. The SMILES string of the molecule is O=S(=O)(c1cccc(-c2csc(N/N=C/c3ccccc3Cl)n2)c1)N1CCCCCC1. The number of hydrazone groups is 1. The number of halogens is 1. The summed E-state index contributed by atoms with van der Waals surface area (Å²) in [5, 5.41) is 7.30. The first kappa shape index (κ1) is 22.0. The standard InChI is InChI=1S/C22H23ClN4O2S2/c23-20-11-4-3-8-18(20)15-24-26-22-25-21(16-30-22)17-9-7-10-19(14-17)31(28,29)27-12-5-1-2-6-13-27/h3-4,7-11,14-16H,1-2,5-6,12-13H2,(H,25,26)/b24-15+. The van der Waals surface area contributed by atoms with E-state index in [0.717, 1.165) is 36.8 Å². The molecule has 0 saturated carbocycles. The van der Waals surface area contributed by atoms with Crippen LogP contribution in [0.3, 0.4) is 0 Å². The molecule has 2 aromatic carbocycles. The normalized spacial score (nSPS) is 15.8. The molecule has 31 heavy (non-hydrogen) atoms. The maximum absolute atomic E-state index is 13.1. The molecule has 0 unspecified atom stereocenters. The van der Waals surface area contributed by atoms with Crippen LogP contribution in [0, 0.1) is 0 Å². The number of hydrogen-bond acceptors (Lipinski definition) is 6. The lowest BCUT2D eigenvalue weighted by Crippen LogP contribution is -2.31. The number of hydrogen-bond donors (Lipinski definition) is 1. The summed E-state index contributed by atoms with van der Waals surface area (Å²) < 4.78 is 27.8. The summed E-state index contributed by atoms with van der Waals surface area (Å²) in [7, 11) is -3.50. The van der Waals surface area contributed by atoms with Crippen LogP contribution in [0.4, 0.5) is 5.13 Å². The lowest BCUT2D eigenvalue weighted by molar-refractivity contribution is 0.424. The average Bonchev–Trinajstić information content (AvgIpc) is 3.07. The van der Waals surface area contributed by atoms with Gasteiger partial charge in [0.1, 0.15) is 0 Å². The molecule has 0 aliphatic carbocycles. The van der Waals surface area contributed by atoms with Gasteiger partial charge in [0.05, 0.1) is 16.8 Å². The van der Waals surface area contributed by atoms with E-state index >= 15 is 0 Å². The van der Waals surface area contributed by atoms with Crippen LogP contribution in [-0.4, -0.2) is 37.0 Å². The maximum Gasteiger partial charge on any atom is 0.243 e. The first-order chi connectivity index (χ1) is 15.0. The van der Waals surface area contributed by atoms with Crippen LogP contribution in [-0.2, 0) is 10.0 Å². The lowest BCUT2D eigenvalue weighted by Gasteiger charge is -2.20. The molecule has 162 valence electrons. The van der Waals surface area contributed by atoms with Gasteiger partial charge in [0.15, 0.2) is 0 Å². The van der Waals surface area contributed by atoms with E-state index < -0.39 is 10.0 Å². The van der Waals surface area contributed by atoms with E-state index in [9.17, 15) is 8.42 Å². The fourth-order valence-electron chi connectivity index (χ4n) is 3.44. The van der Waals surface area contributed by atoms with Crippen LogP contribution in [0.15, 0.2) is 63.9 Å². The van der Waals surface area contributed by atoms with Crippen molar-refractivity contribution in [2.24, 2.45) is 5.10 Å². The third-order valence-corrected chi connectivity index (χ3v) is 8.09. The van der Waals surface area contributed by atoms with Crippen LogP contribution >= 0.6 is 22.9 Å². The summed E-state index contributed by atoms with van der Waals surface area (Å²) in [6.07, 6.45) is 5.63. The highest BCUT2D eigenvalue weighted by Gasteiger charge is 2.25. The number of sulfonamides is 1. The van der Waals surface area contributed by atoms with Gasteiger partial charge >= 0.3 is 0 Å². The molecule has 1 fully saturated rings. The molecule has 0 atom stereocenters. The molecule has 2 heterocycles. The average molecular weight is 475 g/mol. The Morgan fingerprint density at radius 3 is 2.61 bits per heavy atom. The van der Waals surface area contributed by atoms with Crippen molar-refractivity contribution >= 4 is 44.3 Å². The van der Waals surface area contributed by atoms with Crippen molar-refractivity contribution in [2.75, 3.05) is 18.5 Å². The number of benzene rings is 2. The molecule has 0 spiro atoms. The molecule has 1 aromatic heterocycles. The Morgan fingerprint density at radius 2 is 1.84 bits per heavy atom. The van der Waals surface area contributed by atoms with E-state index in [0.29, 0.717) is 33.8 Å². The van der Waals surface area contributed by atoms with Gasteiger partial charge in [-0.15, -0.1) is 11.3 Å². The lowest BCUT2D eigenvalue weighted by atomic mass is 10.2. The first-order valence-electron chi connectivity index (χ1n) is 10.1. The summed E-state index contributed by atoms with van der Waals surface area (Å²) in [5.74, 6) is 0. The Labute approximate surface area is 191 Å². The Balaban J connectivity index is 1.49. The smallest absolute Gasteiger partial charge is 0.243 e. The van der Waals surface area contributed by atoms with Gasteiger partial charge in [-0.1, -0.05) is 54.8 Å². The molecule has 0 bridgehead atoms. The van der Waals surface area contributed by atoms with E-state index in [4.69, 9.17) is 11.6 Å². The Morgan fingerprint density at radius 1 is 1.06 bits per heavy atom. The maximum atomic E-state index is 13.1. The van der Waals surface area contributed by atoms with Crippen molar-refractivity contribution in [2.45, 2.75) is 30.6 Å². The minimum Gasteiger partial charge on any atom is -0.253 e. The number of nitrogens with zero attached hydrogens (tertiary/aromatic N) is 3. The van der Waals surface area contributed by atoms with Crippen molar-refractivity contribution in [1.82, 2.24) is 9.29 Å². The van der Waals surface area contributed by atoms with Gasteiger partial charge in [0.25, 0.3) is 0 Å². The molecule has 1 saturated heterocycles. The molecule has 0 radical (unpaired) electrons. The first-order valence-corrected chi connectivity index (χ1v) is 12.8. The van der Waals surface area contributed by atoms with E-state index in [1.807, 2.05) is 29.6 Å². The number of aromatic nitrogens is 1. The molecule has 4 rings (SSSR count). The van der Waals surface area contributed by atoms with Crippen molar-refractivity contribution in [3.8, 4) is 11.3 Å². The van der Waals surface area contributed by atoms with Crippen molar-refractivity contribution in [1.29, 1.82) is 0 Å². The topological polar surface area (TPSA) is 74.7 Å². The van der Waals surface area contributed by atoms with Gasteiger partial charge in [-0.2, -0.15) is 9.41 Å². The molecule has 1 N–H and O–H groups in total. The summed E-state index contributed by atoms with van der Waals surface area (Å²) in [5.41, 5.74) is 5.17. The summed E-state index contributed by atoms with van der Waals surface area (Å²) >= 11 is 7.52. The fourth-order valence-corrected chi connectivity index (χ4v) is 5.86. The zero-order valence-corrected chi connectivity index (χ0v) is 19.3. The molecule has 1 aliphatic heterocycles. The Bertz CT molecular complexity index is 1170. The Kier molecular flexibility index (Phi) is 7.02. The van der Waals surface area contributed by atoms with Crippen molar-refractivity contribution in [3.63, 3.8) is 0 Å². The highest BCUT2D eigenvalue weighted by Crippen LogP contribution is 2.28. The van der Waals surface area contributed by atoms with Gasteiger partial charge < -0.3 is 0 Å². The number of thiazole rings is 1. The van der Waals surface area contributed by atoms with Crippen molar-refractivity contribution in [3.05, 3.63) is 64.5 Å². The molecule has 6 nitrogen and oxygen atoms in total. The van der Waals surface area contributed by atoms with Gasteiger partial charge in [-0.05, 0) is 31.0 Å². The van der Waals surface area contributed by atoms with Gasteiger partial charge in [0, 0.05) is 34.6 Å². The van der Waals surface area contributed by atoms with Crippen LogP contribution in [0.1, 0.15) is 31.2 Å². The summed E-state index contributed by atoms with van der Waals surface area (Å²) in [4.78, 5) is 4.85. The number of nitrogens with one attached hydrogen (secondary N) is 1. The molecular weight excluding hydrogens is 452 g/mol. The van der Waals surface area contributed by atoms with E-state index in [2.05, 4.69) is 15.5 Å². The third-order valence-electron chi connectivity index (χ3n) is 5.11. The number of rotatable bonds is 6. The van der Waals surface area contributed by atoms with Crippen LogP contribution < -0.4 is 5.43 Å².